The van der Waals surface area contributed by atoms with Gasteiger partial charge in [-0.2, -0.15) is 5.10 Å². The first-order chi connectivity index (χ1) is 22.5. The highest BCUT2D eigenvalue weighted by molar-refractivity contribution is 7.07. The summed E-state index contributed by atoms with van der Waals surface area (Å²) in [5.41, 5.74) is 4.48. The molecule has 1 fully saturated rings. The number of likely N-dealkylation sites (tertiary alicyclic amines) is 1. The van der Waals surface area contributed by atoms with Gasteiger partial charge in [-0.15, -0.1) is 11.3 Å². The number of aryl methyl sites for hydroxylation is 1. The van der Waals surface area contributed by atoms with Crippen molar-refractivity contribution < 1.29 is 23.8 Å². The number of nitrogens with zero attached hydrogens (tertiary/aromatic N) is 5. The molecule has 0 aliphatic carbocycles. The largest absolute Gasteiger partial charge is 0.445 e. The smallest absolute Gasteiger partial charge is 0.410 e. The predicted octanol–water partition coefficient (Wildman–Crippen LogP) is 5.68. The molecule has 2 unspecified atom stereocenters. The van der Waals surface area contributed by atoms with Gasteiger partial charge in [0.1, 0.15) is 35.1 Å². The maximum atomic E-state index is 13.8. The summed E-state index contributed by atoms with van der Waals surface area (Å²) in [6.45, 7) is 4.57. The van der Waals surface area contributed by atoms with Gasteiger partial charge in [-0.1, -0.05) is 37.3 Å². The van der Waals surface area contributed by atoms with Gasteiger partial charge in [-0.25, -0.2) is 19.2 Å². The van der Waals surface area contributed by atoms with Gasteiger partial charge in [0.15, 0.2) is 0 Å². The molecule has 5 aromatic rings. The van der Waals surface area contributed by atoms with Crippen LogP contribution in [0.2, 0.25) is 0 Å². The molecule has 242 valence electrons. The van der Waals surface area contributed by atoms with E-state index in [1.54, 1.807) is 42.6 Å². The van der Waals surface area contributed by atoms with E-state index in [0.717, 1.165) is 11.1 Å². The summed E-state index contributed by atoms with van der Waals surface area (Å²) in [5.74, 6) is -0.788. The summed E-state index contributed by atoms with van der Waals surface area (Å²) in [7, 11) is 1.67. The van der Waals surface area contributed by atoms with Crippen LogP contribution < -0.4 is 5.32 Å². The van der Waals surface area contributed by atoms with Crippen LogP contribution in [0.4, 0.5) is 9.18 Å². The number of rotatable bonds is 9. The highest BCUT2D eigenvalue weighted by Gasteiger charge is 2.40. The first-order valence-corrected chi connectivity index (χ1v) is 16.1. The van der Waals surface area contributed by atoms with E-state index in [2.05, 4.69) is 22.3 Å². The zero-order chi connectivity index (χ0) is 33.2. The first-order valence-electron chi connectivity index (χ1n) is 15.2. The molecule has 3 aromatic heterocycles. The molecule has 6 rings (SSSR count). The van der Waals surface area contributed by atoms with Crippen molar-refractivity contribution in [1.29, 1.82) is 0 Å². The molecule has 2 N–H and O–H groups in total. The van der Waals surface area contributed by atoms with Crippen LogP contribution in [-0.4, -0.2) is 61.4 Å². The molecular formula is C35H35FN6O4S. The van der Waals surface area contributed by atoms with Crippen LogP contribution in [0, 0.1) is 5.82 Å². The molecule has 0 saturated carbocycles. The average Bonchev–Trinajstić information content (AvgIpc) is 3.84. The van der Waals surface area contributed by atoms with Crippen LogP contribution in [0.3, 0.4) is 0 Å². The molecule has 0 bridgehead atoms. The summed E-state index contributed by atoms with van der Waals surface area (Å²) in [6.07, 6.45) is 0.258. The van der Waals surface area contributed by atoms with Gasteiger partial charge in [-0.3, -0.25) is 9.48 Å². The molecule has 12 heteroatoms. The summed E-state index contributed by atoms with van der Waals surface area (Å²) in [5, 5.41) is 20.8. The first kappa shape index (κ1) is 32.0. The number of carbonyl (C=O) groups excluding carboxylic acids is 2. The molecule has 2 aromatic carbocycles. The number of hydrogen-bond donors (Lipinski definition) is 2. The van der Waals surface area contributed by atoms with Crippen molar-refractivity contribution in [2.24, 2.45) is 7.05 Å². The van der Waals surface area contributed by atoms with Gasteiger partial charge >= 0.3 is 6.09 Å². The lowest BCUT2D eigenvalue weighted by atomic mass is 9.80. The molecular weight excluding hydrogens is 619 g/mol. The maximum Gasteiger partial charge on any atom is 0.410 e. The number of carbonyl (C=O) groups is 2. The molecule has 2 amide bonds. The Morgan fingerprint density at radius 3 is 2.57 bits per heavy atom. The standard InChI is InChI=1S/C35H35FN6O4S/c1-34(13-14-42(21-34)33(44)46-18-23-7-5-4-6-8-23)25-15-27(24-9-11-26(36)12-10-24)39-31(16-25)35(2,45)20-37-32(43)30-17-28(40-41(30)3)29-19-47-22-38-29/h4-12,15-17,19,22,45H,13-14,18,20-21H2,1-3H3,(H,37,43). The molecule has 10 nitrogen and oxygen atoms in total. The molecule has 1 saturated heterocycles. The fourth-order valence-corrected chi connectivity index (χ4v) is 6.21. The van der Waals surface area contributed by atoms with Gasteiger partial charge in [0.25, 0.3) is 5.91 Å². The molecule has 2 atom stereocenters. The number of aromatic nitrogens is 4. The number of hydrogen-bond acceptors (Lipinski definition) is 8. The Labute approximate surface area is 275 Å². The number of nitrogens with one attached hydrogen (secondary N) is 1. The number of aliphatic hydroxyl groups is 1. The Morgan fingerprint density at radius 2 is 1.85 bits per heavy atom. The summed E-state index contributed by atoms with van der Waals surface area (Å²) < 4.78 is 20.9. The second-order valence-electron chi connectivity index (χ2n) is 12.3. The SMILES string of the molecule is Cn1nc(-c2cscn2)cc1C(=O)NCC(C)(O)c1cc(C2(C)CCN(C(=O)OCc3ccccc3)C2)cc(-c2ccc(F)cc2)n1. The zero-order valence-corrected chi connectivity index (χ0v) is 27.1. The highest BCUT2D eigenvalue weighted by Crippen LogP contribution is 2.38. The third-order valence-corrected chi connectivity index (χ3v) is 9.14. The lowest BCUT2D eigenvalue weighted by Crippen LogP contribution is -2.40. The van der Waals surface area contributed by atoms with Crippen molar-refractivity contribution in [3.63, 3.8) is 0 Å². The van der Waals surface area contributed by atoms with Crippen LogP contribution in [0.5, 0.6) is 0 Å². The van der Waals surface area contributed by atoms with E-state index in [-0.39, 0.29) is 19.0 Å². The summed E-state index contributed by atoms with van der Waals surface area (Å²) in [4.78, 5) is 36.9. The maximum absolute atomic E-state index is 13.8. The van der Waals surface area contributed by atoms with Crippen molar-refractivity contribution in [2.75, 3.05) is 19.6 Å². The third-order valence-electron chi connectivity index (χ3n) is 8.55. The second-order valence-corrected chi connectivity index (χ2v) is 13.0. The van der Waals surface area contributed by atoms with Gasteiger partial charge in [0, 0.05) is 36.5 Å². The fourth-order valence-electron chi connectivity index (χ4n) is 5.66. The predicted molar refractivity (Wildman–Crippen MR) is 176 cm³/mol. The van der Waals surface area contributed by atoms with Crippen molar-refractivity contribution >= 4 is 23.3 Å². The minimum absolute atomic E-state index is 0.142. The lowest BCUT2D eigenvalue weighted by Gasteiger charge is -2.29. The van der Waals surface area contributed by atoms with Crippen LogP contribution in [0.15, 0.2) is 83.7 Å². The Kier molecular flexibility index (Phi) is 8.89. The number of thiazole rings is 1. The number of pyridine rings is 1. The van der Waals surface area contributed by atoms with E-state index in [1.165, 1.54) is 28.2 Å². The number of amides is 2. The highest BCUT2D eigenvalue weighted by atomic mass is 32.1. The third kappa shape index (κ3) is 7.08. The number of benzene rings is 2. The van der Waals surface area contributed by atoms with Gasteiger partial charge in [-0.05, 0) is 66.9 Å². The van der Waals surface area contributed by atoms with E-state index in [4.69, 9.17) is 9.72 Å². The molecule has 0 radical (unpaired) electrons. The van der Waals surface area contributed by atoms with Crippen molar-refractivity contribution in [1.82, 2.24) is 30.0 Å². The summed E-state index contributed by atoms with van der Waals surface area (Å²) >= 11 is 1.44. The van der Waals surface area contributed by atoms with E-state index in [9.17, 15) is 19.1 Å². The molecule has 47 heavy (non-hydrogen) atoms. The van der Waals surface area contributed by atoms with Crippen LogP contribution in [0.25, 0.3) is 22.6 Å². The Hall–Kier alpha value is -4.94. The van der Waals surface area contributed by atoms with Crippen molar-refractivity contribution in [3.8, 4) is 22.6 Å². The number of ether oxygens (including phenoxy) is 1. The Balaban J connectivity index is 1.23. The monoisotopic (exact) mass is 654 g/mol. The minimum Gasteiger partial charge on any atom is -0.445 e. The second kappa shape index (κ2) is 13.0. The zero-order valence-electron chi connectivity index (χ0n) is 26.3. The minimum atomic E-state index is -1.58. The van der Waals surface area contributed by atoms with Gasteiger partial charge in [0.2, 0.25) is 0 Å². The average molecular weight is 655 g/mol. The van der Waals surface area contributed by atoms with Crippen LogP contribution >= 0.6 is 11.3 Å². The van der Waals surface area contributed by atoms with Crippen molar-refractivity contribution in [2.45, 2.75) is 37.9 Å². The Morgan fingerprint density at radius 1 is 1.09 bits per heavy atom. The Bertz CT molecular complexity index is 1880. The van der Waals surface area contributed by atoms with E-state index >= 15 is 0 Å². The van der Waals surface area contributed by atoms with E-state index in [1.807, 2.05) is 47.8 Å². The molecule has 1 aliphatic rings. The fraction of sp³-hybridized carbons (Fsp3) is 0.286. The van der Waals surface area contributed by atoms with Crippen LogP contribution in [0.1, 0.15) is 47.6 Å². The molecule has 0 spiro atoms. The van der Waals surface area contributed by atoms with Crippen LogP contribution in [-0.2, 0) is 29.4 Å². The van der Waals surface area contributed by atoms with Gasteiger partial charge in [0.05, 0.1) is 23.4 Å². The molecule has 1 aliphatic heterocycles. The van der Waals surface area contributed by atoms with E-state index in [0.29, 0.717) is 53.5 Å². The van der Waals surface area contributed by atoms with E-state index < -0.39 is 23.0 Å². The molecule has 4 heterocycles. The van der Waals surface area contributed by atoms with Gasteiger partial charge < -0.3 is 20.1 Å². The van der Waals surface area contributed by atoms with Crippen molar-refractivity contribution in [3.05, 3.63) is 112 Å². The lowest BCUT2D eigenvalue weighted by molar-refractivity contribution is 0.0486. The summed E-state index contributed by atoms with van der Waals surface area (Å²) in [6, 6.07) is 20.9. The quantitative estimate of drug-likeness (QED) is 0.210. The number of halogens is 1. The topological polar surface area (TPSA) is 122 Å². The normalized spacial score (nSPS) is 17.3.